The Morgan fingerprint density at radius 1 is 1.10 bits per heavy atom. The Balaban J connectivity index is 0.00000462. The van der Waals surface area contributed by atoms with Gasteiger partial charge in [-0.25, -0.2) is 4.98 Å². The number of benzene rings is 2. The van der Waals surface area contributed by atoms with E-state index in [0.717, 1.165) is 22.4 Å². The van der Waals surface area contributed by atoms with E-state index in [4.69, 9.17) is 26.4 Å². The Kier molecular flexibility index (Phi) is 10.9. The minimum atomic E-state index is -0.641. The number of hydrogen-bond acceptors (Lipinski definition) is 6. The fourth-order valence-corrected chi connectivity index (χ4v) is 4.55. The number of rotatable bonds is 11. The third kappa shape index (κ3) is 8.07. The van der Waals surface area contributed by atoms with Crippen molar-refractivity contribution in [1.29, 1.82) is 0 Å². The third-order valence-electron chi connectivity index (χ3n) is 6.28. The van der Waals surface area contributed by atoms with Gasteiger partial charge in [0.15, 0.2) is 0 Å². The van der Waals surface area contributed by atoms with Gasteiger partial charge in [-0.3, -0.25) is 9.59 Å². The molecule has 0 saturated heterocycles. The SMILES string of the molecule is C.CC(C)Oc1ccc(C(=O)N[C@H](CNC(=O)CO)Cc2ccc(-c3cn4cccc(C(C)O)c4n3)cc2)cc1Cl. The molecular weight excluding hydrogens is 544 g/mol. The van der Waals surface area contributed by atoms with Crippen LogP contribution in [0.3, 0.4) is 0 Å². The summed E-state index contributed by atoms with van der Waals surface area (Å²) < 4.78 is 7.52. The topological polar surface area (TPSA) is 125 Å². The predicted molar refractivity (Wildman–Crippen MR) is 160 cm³/mol. The van der Waals surface area contributed by atoms with Crippen molar-refractivity contribution in [2.24, 2.45) is 0 Å². The average molecular weight is 581 g/mol. The molecule has 2 aromatic heterocycles. The van der Waals surface area contributed by atoms with E-state index < -0.39 is 24.7 Å². The maximum atomic E-state index is 13.0. The van der Waals surface area contributed by atoms with Crippen molar-refractivity contribution < 1.29 is 24.5 Å². The van der Waals surface area contributed by atoms with Gasteiger partial charge < -0.3 is 30.0 Å². The van der Waals surface area contributed by atoms with Crippen LogP contribution in [0, 0.1) is 0 Å². The smallest absolute Gasteiger partial charge is 0.251 e. The summed E-state index contributed by atoms with van der Waals surface area (Å²) >= 11 is 6.31. The number of nitrogens with zero attached hydrogens (tertiary/aromatic N) is 2. The highest BCUT2D eigenvalue weighted by atomic mass is 35.5. The van der Waals surface area contributed by atoms with Crippen molar-refractivity contribution >= 4 is 29.1 Å². The summed E-state index contributed by atoms with van der Waals surface area (Å²) in [7, 11) is 0. The van der Waals surface area contributed by atoms with Gasteiger partial charge in [0.05, 0.1) is 29.0 Å². The highest BCUT2D eigenvalue weighted by Crippen LogP contribution is 2.27. The normalized spacial score (nSPS) is 12.5. The molecule has 2 heterocycles. The van der Waals surface area contributed by atoms with Crippen LogP contribution in [0.1, 0.15) is 55.8 Å². The molecule has 4 N–H and O–H groups in total. The number of ether oxygens (including phenoxy) is 1. The molecule has 2 aromatic carbocycles. The third-order valence-corrected chi connectivity index (χ3v) is 6.57. The number of aliphatic hydroxyl groups excluding tert-OH is 2. The van der Waals surface area contributed by atoms with Gasteiger partial charge in [0, 0.05) is 35.6 Å². The number of aliphatic hydroxyl groups is 2. The molecule has 0 radical (unpaired) electrons. The number of carbonyl (C=O) groups is 2. The van der Waals surface area contributed by atoms with Crippen LogP contribution in [0.5, 0.6) is 5.75 Å². The van der Waals surface area contributed by atoms with Crippen molar-refractivity contribution in [1.82, 2.24) is 20.0 Å². The molecule has 0 spiro atoms. The lowest BCUT2D eigenvalue weighted by Gasteiger charge is -2.20. The van der Waals surface area contributed by atoms with Crippen molar-refractivity contribution in [3.05, 3.63) is 88.7 Å². The Bertz CT molecular complexity index is 1480. The van der Waals surface area contributed by atoms with E-state index in [1.807, 2.05) is 67.0 Å². The van der Waals surface area contributed by atoms with Crippen LogP contribution in [0.2, 0.25) is 5.02 Å². The number of amides is 2. The maximum Gasteiger partial charge on any atom is 0.251 e. The van der Waals surface area contributed by atoms with Gasteiger partial charge in [-0.2, -0.15) is 0 Å². The first-order chi connectivity index (χ1) is 19.1. The summed E-state index contributed by atoms with van der Waals surface area (Å²) in [6, 6.07) is 15.9. The van der Waals surface area contributed by atoms with Crippen molar-refractivity contribution in [2.45, 2.75) is 52.9 Å². The Labute approximate surface area is 245 Å². The van der Waals surface area contributed by atoms with E-state index in [9.17, 15) is 14.7 Å². The molecule has 2 atom stereocenters. The Morgan fingerprint density at radius 3 is 2.46 bits per heavy atom. The second-order valence-electron chi connectivity index (χ2n) is 9.84. The minimum absolute atomic E-state index is 0. The molecule has 0 aliphatic carbocycles. The van der Waals surface area contributed by atoms with E-state index in [2.05, 4.69) is 10.6 Å². The number of pyridine rings is 1. The van der Waals surface area contributed by atoms with Gasteiger partial charge >= 0.3 is 0 Å². The lowest BCUT2D eigenvalue weighted by Crippen LogP contribution is -2.45. The highest BCUT2D eigenvalue weighted by Gasteiger charge is 2.18. The molecule has 0 saturated carbocycles. The molecule has 41 heavy (non-hydrogen) atoms. The van der Waals surface area contributed by atoms with Crippen LogP contribution in [0.4, 0.5) is 0 Å². The lowest BCUT2D eigenvalue weighted by atomic mass is 10.0. The summed E-state index contributed by atoms with van der Waals surface area (Å²) in [5.74, 6) is -0.388. The van der Waals surface area contributed by atoms with Crippen molar-refractivity contribution in [2.75, 3.05) is 13.2 Å². The van der Waals surface area contributed by atoms with Crippen molar-refractivity contribution in [3.8, 4) is 17.0 Å². The summed E-state index contributed by atoms with van der Waals surface area (Å²) in [5, 5.41) is 25.1. The number of fused-ring (bicyclic) bond motifs is 1. The number of hydrogen-bond donors (Lipinski definition) is 4. The van der Waals surface area contributed by atoms with E-state index in [-0.39, 0.29) is 26.0 Å². The fourth-order valence-electron chi connectivity index (χ4n) is 4.32. The van der Waals surface area contributed by atoms with E-state index >= 15 is 0 Å². The summed E-state index contributed by atoms with van der Waals surface area (Å²) in [5.41, 5.74) is 4.40. The number of carbonyl (C=O) groups excluding carboxylic acids is 2. The molecule has 0 fully saturated rings. The molecule has 4 rings (SSSR count). The summed E-state index contributed by atoms with van der Waals surface area (Å²) in [6.45, 7) is 4.97. The zero-order chi connectivity index (χ0) is 28.8. The quantitative estimate of drug-likeness (QED) is 0.206. The number of halogens is 1. The molecule has 0 aliphatic heterocycles. The van der Waals surface area contributed by atoms with Crippen LogP contribution in [0.15, 0.2) is 67.0 Å². The van der Waals surface area contributed by atoms with Gasteiger partial charge in [-0.15, -0.1) is 0 Å². The van der Waals surface area contributed by atoms with Crippen LogP contribution >= 0.6 is 11.6 Å². The van der Waals surface area contributed by atoms with Gasteiger partial charge in [0.25, 0.3) is 5.91 Å². The van der Waals surface area contributed by atoms with Gasteiger partial charge in [0.2, 0.25) is 5.91 Å². The minimum Gasteiger partial charge on any atom is -0.489 e. The zero-order valence-electron chi connectivity index (χ0n) is 22.6. The molecule has 2 amide bonds. The first kappa shape index (κ1) is 31.6. The fraction of sp³-hybridized carbons (Fsp3) is 0.323. The molecule has 4 aromatic rings. The van der Waals surface area contributed by atoms with Crippen LogP contribution in [-0.2, 0) is 11.2 Å². The van der Waals surface area contributed by atoms with Crippen LogP contribution < -0.4 is 15.4 Å². The maximum absolute atomic E-state index is 13.0. The molecular formula is C31H37ClN4O5. The van der Waals surface area contributed by atoms with E-state index in [0.29, 0.717) is 28.4 Å². The van der Waals surface area contributed by atoms with Gasteiger partial charge in [-0.1, -0.05) is 49.4 Å². The monoisotopic (exact) mass is 580 g/mol. The number of aromatic nitrogens is 2. The average Bonchev–Trinajstić information content (AvgIpc) is 3.37. The second kappa shape index (κ2) is 14.1. The number of imidazole rings is 1. The molecule has 218 valence electrons. The van der Waals surface area contributed by atoms with Crippen LogP contribution in [0.25, 0.3) is 16.9 Å². The first-order valence-corrected chi connectivity index (χ1v) is 13.4. The Morgan fingerprint density at radius 2 is 1.83 bits per heavy atom. The molecule has 0 aliphatic rings. The van der Waals surface area contributed by atoms with Gasteiger partial charge in [-0.05, 0) is 57.0 Å². The van der Waals surface area contributed by atoms with E-state index in [1.54, 1.807) is 25.1 Å². The van der Waals surface area contributed by atoms with Crippen LogP contribution in [-0.4, -0.2) is 56.7 Å². The predicted octanol–water partition coefficient (Wildman–Crippen LogP) is 4.58. The largest absolute Gasteiger partial charge is 0.489 e. The highest BCUT2D eigenvalue weighted by molar-refractivity contribution is 6.32. The summed E-state index contributed by atoms with van der Waals surface area (Å²) in [6.07, 6.45) is 3.53. The Hall–Kier alpha value is -3.92. The number of nitrogens with one attached hydrogen (secondary N) is 2. The lowest BCUT2D eigenvalue weighted by molar-refractivity contribution is -0.123. The van der Waals surface area contributed by atoms with Gasteiger partial charge in [0.1, 0.15) is 18.0 Å². The molecule has 0 bridgehead atoms. The molecule has 9 nitrogen and oxygen atoms in total. The van der Waals surface area contributed by atoms with E-state index in [1.165, 1.54) is 0 Å². The zero-order valence-corrected chi connectivity index (χ0v) is 23.4. The summed E-state index contributed by atoms with van der Waals surface area (Å²) in [4.78, 5) is 29.5. The molecule has 1 unspecified atom stereocenters. The van der Waals surface area contributed by atoms with Crippen molar-refractivity contribution in [3.63, 3.8) is 0 Å². The standard InChI is InChI=1S/C30H33ClN4O5.CH4/c1-18(2)40-27-11-10-22(14-25(27)31)30(39)33-23(15-32-28(38)17-36)13-20-6-8-21(9-7-20)26-16-35-12-4-5-24(19(3)37)29(35)34-26;/h4-12,14,16,18-19,23,36-37H,13,15,17H2,1-3H3,(H,32,38)(H,33,39);1H4/t19?,23-;/m0./s1. The first-order valence-electron chi connectivity index (χ1n) is 13.0. The second-order valence-corrected chi connectivity index (χ2v) is 10.2. The molecule has 10 heteroatoms.